The lowest BCUT2D eigenvalue weighted by Crippen LogP contribution is -2.43. The number of aliphatic imine (C=N–C) groups is 2. The number of anilines is 1. The average Bonchev–Trinajstić information content (AvgIpc) is 3.31. The summed E-state index contributed by atoms with van der Waals surface area (Å²) in [4.78, 5) is 50.4. The van der Waals surface area contributed by atoms with Crippen molar-refractivity contribution in [3.8, 4) is 5.75 Å². The molecule has 0 fully saturated rings. The second-order valence-corrected chi connectivity index (χ2v) is 10.4. The Morgan fingerprint density at radius 2 is 1.82 bits per heavy atom. The van der Waals surface area contributed by atoms with Crippen molar-refractivity contribution in [3.05, 3.63) is 90.0 Å². The first-order valence-electron chi connectivity index (χ1n) is 13.0. The molecule has 2 aliphatic rings. The van der Waals surface area contributed by atoms with Crippen LogP contribution in [-0.2, 0) is 20.9 Å². The fourth-order valence-corrected chi connectivity index (χ4v) is 5.45. The van der Waals surface area contributed by atoms with Crippen molar-refractivity contribution in [2.75, 3.05) is 12.4 Å². The van der Waals surface area contributed by atoms with Gasteiger partial charge in [0.15, 0.2) is 5.17 Å². The maximum atomic E-state index is 13.6. The molecule has 0 saturated carbocycles. The molecule has 10 heteroatoms. The number of benzene rings is 3. The van der Waals surface area contributed by atoms with Crippen LogP contribution < -0.4 is 15.4 Å². The van der Waals surface area contributed by atoms with E-state index in [2.05, 4.69) is 15.6 Å². The SMILES string of the molecule is CC[C@H](SC1=Nc2ccccc2C2=N[C@H](CC(=O)NCc3ccccc3)C(=O)N12)C(=O)Nc1cccc(OC)c1. The van der Waals surface area contributed by atoms with Crippen LogP contribution >= 0.6 is 11.8 Å². The highest BCUT2D eigenvalue weighted by Gasteiger charge is 2.43. The maximum Gasteiger partial charge on any atom is 0.259 e. The van der Waals surface area contributed by atoms with Crippen LogP contribution in [0, 0.1) is 0 Å². The van der Waals surface area contributed by atoms with Crippen LogP contribution in [0.25, 0.3) is 0 Å². The summed E-state index contributed by atoms with van der Waals surface area (Å²) in [5.41, 5.74) is 2.95. The minimum atomic E-state index is -0.881. The summed E-state index contributed by atoms with van der Waals surface area (Å²) in [5, 5.41) is 5.63. The molecule has 2 heterocycles. The third-order valence-corrected chi connectivity index (χ3v) is 7.82. The molecular formula is C30H29N5O4S. The van der Waals surface area contributed by atoms with Crippen LogP contribution in [0.1, 0.15) is 30.9 Å². The second kappa shape index (κ2) is 12.2. The Morgan fingerprint density at radius 1 is 1.05 bits per heavy atom. The van der Waals surface area contributed by atoms with Crippen LogP contribution in [0.4, 0.5) is 11.4 Å². The highest BCUT2D eigenvalue weighted by molar-refractivity contribution is 8.15. The van der Waals surface area contributed by atoms with Crippen molar-refractivity contribution < 1.29 is 19.1 Å². The monoisotopic (exact) mass is 555 g/mol. The van der Waals surface area contributed by atoms with Crippen molar-refractivity contribution in [2.24, 2.45) is 9.98 Å². The molecule has 2 N–H and O–H groups in total. The van der Waals surface area contributed by atoms with Crippen molar-refractivity contribution in [3.63, 3.8) is 0 Å². The zero-order valence-electron chi connectivity index (χ0n) is 22.2. The van der Waals surface area contributed by atoms with E-state index in [1.165, 1.54) is 16.7 Å². The Bertz CT molecular complexity index is 1490. The van der Waals surface area contributed by atoms with E-state index in [1.54, 1.807) is 31.4 Å². The van der Waals surface area contributed by atoms with E-state index in [0.29, 0.717) is 46.7 Å². The molecule has 0 unspecified atom stereocenters. The van der Waals surface area contributed by atoms with E-state index >= 15 is 0 Å². The molecule has 9 nitrogen and oxygen atoms in total. The van der Waals surface area contributed by atoms with Gasteiger partial charge >= 0.3 is 0 Å². The normalized spacial score (nSPS) is 16.3. The maximum absolute atomic E-state index is 13.6. The van der Waals surface area contributed by atoms with Gasteiger partial charge in [0.2, 0.25) is 11.8 Å². The largest absolute Gasteiger partial charge is 0.497 e. The van der Waals surface area contributed by atoms with Crippen LogP contribution in [0.2, 0.25) is 0 Å². The van der Waals surface area contributed by atoms with Crippen molar-refractivity contribution >= 4 is 51.9 Å². The van der Waals surface area contributed by atoms with Gasteiger partial charge in [-0.25, -0.2) is 9.89 Å². The predicted octanol–water partition coefficient (Wildman–Crippen LogP) is 4.51. The number of rotatable bonds is 9. The number of carbonyl (C=O) groups excluding carboxylic acids is 3. The highest BCUT2D eigenvalue weighted by atomic mass is 32.2. The molecule has 0 saturated heterocycles. The van der Waals surface area contributed by atoms with E-state index in [1.807, 2.05) is 61.5 Å². The number of amidine groups is 2. The van der Waals surface area contributed by atoms with Gasteiger partial charge in [0.1, 0.15) is 17.6 Å². The van der Waals surface area contributed by atoms with Gasteiger partial charge < -0.3 is 15.4 Å². The Labute approximate surface area is 236 Å². The number of hydrogen-bond donors (Lipinski definition) is 2. The van der Waals surface area contributed by atoms with Crippen molar-refractivity contribution in [2.45, 2.75) is 37.6 Å². The van der Waals surface area contributed by atoms with E-state index < -0.39 is 11.3 Å². The Morgan fingerprint density at radius 3 is 2.60 bits per heavy atom. The quantitative estimate of drug-likeness (QED) is 0.404. The number of carbonyl (C=O) groups is 3. The van der Waals surface area contributed by atoms with Gasteiger partial charge in [-0.05, 0) is 36.2 Å². The summed E-state index contributed by atoms with van der Waals surface area (Å²) < 4.78 is 5.25. The average molecular weight is 556 g/mol. The lowest BCUT2D eigenvalue weighted by molar-refractivity contribution is -0.128. The molecule has 0 bridgehead atoms. The van der Waals surface area contributed by atoms with Gasteiger partial charge in [0.25, 0.3) is 5.91 Å². The topological polar surface area (TPSA) is 112 Å². The van der Waals surface area contributed by atoms with Crippen LogP contribution in [0.5, 0.6) is 5.75 Å². The summed E-state index contributed by atoms with van der Waals surface area (Å²) in [6.07, 6.45) is 0.417. The zero-order chi connectivity index (χ0) is 28.1. The molecule has 5 rings (SSSR count). The number of thioether (sulfide) groups is 1. The Kier molecular flexibility index (Phi) is 8.26. The lowest BCUT2D eigenvalue weighted by Gasteiger charge is -2.27. The van der Waals surface area contributed by atoms with Crippen LogP contribution in [-0.4, -0.2) is 52.0 Å². The number of ether oxygens (including phenoxy) is 1. The van der Waals surface area contributed by atoms with Crippen molar-refractivity contribution in [1.82, 2.24) is 10.2 Å². The lowest BCUT2D eigenvalue weighted by atomic mass is 10.1. The fraction of sp³-hybridized carbons (Fsp3) is 0.233. The van der Waals surface area contributed by atoms with Gasteiger partial charge in [-0.3, -0.25) is 19.4 Å². The molecule has 3 amide bonds. The number of para-hydroxylation sites is 1. The minimum absolute atomic E-state index is 0.0840. The molecule has 2 atom stereocenters. The smallest absolute Gasteiger partial charge is 0.259 e. The number of nitrogens with zero attached hydrogens (tertiary/aromatic N) is 3. The van der Waals surface area contributed by atoms with Gasteiger partial charge in [0, 0.05) is 23.9 Å². The summed E-state index contributed by atoms with van der Waals surface area (Å²) >= 11 is 1.21. The third kappa shape index (κ3) is 5.91. The molecule has 0 aliphatic carbocycles. The number of hydrogen-bond acceptors (Lipinski definition) is 7. The minimum Gasteiger partial charge on any atom is -0.497 e. The molecular weight excluding hydrogens is 526 g/mol. The summed E-state index contributed by atoms with van der Waals surface area (Å²) in [6.45, 7) is 2.27. The zero-order valence-corrected chi connectivity index (χ0v) is 23.0. The molecule has 204 valence electrons. The van der Waals surface area contributed by atoms with Crippen LogP contribution in [0.15, 0.2) is 88.8 Å². The van der Waals surface area contributed by atoms with Gasteiger partial charge in [-0.15, -0.1) is 0 Å². The first kappa shape index (κ1) is 27.1. The van der Waals surface area contributed by atoms with Gasteiger partial charge in [0.05, 0.1) is 24.5 Å². The first-order chi connectivity index (χ1) is 19.5. The summed E-state index contributed by atoms with van der Waals surface area (Å²) in [6, 6.07) is 23.2. The van der Waals surface area contributed by atoms with E-state index in [0.717, 1.165) is 5.56 Å². The summed E-state index contributed by atoms with van der Waals surface area (Å²) in [5.74, 6) is 0.254. The molecule has 0 spiro atoms. The molecule has 3 aromatic carbocycles. The van der Waals surface area contributed by atoms with Crippen LogP contribution in [0.3, 0.4) is 0 Å². The molecule has 0 radical (unpaired) electrons. The highest BCUT2D eigenvalue weighted by Crippen LogP contribution is 2.36. The van der Waals surface area contributed by atoms with Crippen molar-refractivity contribution in [1.29, 1.82) is 0 Å². The number of methoxy groups -OCH3 is 1. The second-order valence-electron chi connectivity index (χ2n) is 9.26. The van der Waals surface area contributed by atoms with E-state index in [-0.39, 0.29) is 24.1 Å². The van der Waals surface area contributed by atoms with E-state index in [4.69, 9.17) is 9.73 Å². The molecule has 0 aromatic heterocycles. The predicted molar refractivity (Wildman–Crippen MR) is 157 cm³/mol. The first-order valence-corrected chi connectivity index (χ1v) is 13.9. The molecule has 3 aromatic rings. The number of amides is 3. The standard InChI is InChI=1S/C30H29N5O4S/c1-3-25(28(37)32-20-12-9-13-21(16-20)39-2)40-30-34-23-15-8-7-14-22(23)27-33-24(29(38)35(27)30)17-26(36)31-18-19-10-5-4-6-11-19/h4-16,24-25H,3,17-18H2,1-2H3,(H,31,36)(H,32,37)/t24-,25+/m1/s1. The number of nitrogens with one attached hydrogen (secondary N) is 2. The Hall–Kier alpha value is -4.44. The Balaban J connectivity index is 1.33. The molecule has 2 aliphatic heterocycles. The fourth-order valence-electron chi connectivity index (χ4n) is 4.43. The van der Waals surface area contributed by atoms with Gasteiger partial charge in [-0.2, -0.15) is 0 Å². The number of fused-ring (bicyclic) bond motifs is 3. The van der Waals surface area contributed by atoms with Gasteiger partial charge in [-0.1, -0.05) is 67.2 Å². The molecule has 40 heavy (non-hydrogen) atoms. The summed E-state index contributed by atoms with van der Waals surface area (Å²) in [7, 11) is 1.57. The van der Waals surface area contributed by atoms with E-state index in [9.17, 15) is 14.4 Å². The third-order valence-electron chi connectivity index (χ3n) is 6.51.